The molecule has 0 atom stereocenters. The molecule has 0 N–H and O–H groups in total. The maximum Gasteiger partial charge on any atom is 0.274 e. The van der Waals surface area contributed by atoms with E-state index in [1.165, 1.54) is 18.6 Å². The first-order valence-electron chi connectivity index (χ1n) is 11.0. The highest BCUT2D eigenvalue weighted by atomic mass is 16.6. The van der Waals surface area contributed by atoms with E-state index < -0.39 is 0 Å². The van der Waals surface area contributed by atoms with Crippen molar-refractivity contribution in [3.05, 3.63) is 65.5 Å². The van der Waals surface area contributed by atoms with Gasteiger partial charge in [-0.1, -0.05) is 0 Å². The number of fused-ring (bicyclic) bond motifs is 1. The predicted octanol–water partition coefficient (Wildman–Crippen LogP) is 2.25. The lowest BCUT2D eigenvalue weighted by molar-refractivity contribution is 0.0531. The Kier molecular flexibility index (Phi) is 5.45. The van der Waals surface area contributed by atoms with Gasteiger partial charge in [-0.2, -0.15) is 0 Å². The van der Waals surface area contributed by atoms with Crippen LogP contribution in [-0.2, 0) is 0 Å². The lowest BCUT2D eigenvalue weighted by atomic mass is 10.2. The van der Waals surface area contributed by atoms with Gasteiger partial charge in [0.25, 0.3) is 11.8 Å². The second-order valence-electron chi connectivity index (χ2n) is 8.12. The van der Waals surface area contributed by atoms with E-state index in [1.54, 1.807) is 9.80 Å². The van der Waals surface area contributed by atoms with Crippen LogP contribution in [0.5, 0.6) is 11.5 Å². The zero-order valence-electron chi connectivity index (χ0n) is 18.7. The maximum atomic E-state index is 13.3. The molecule has 2 amide bonds. The summed E-state index contributed by atoms with van der Waals surface area (Å²) in [6.45, 7) is 6.86. The molecule has 0 aliphatic carbocycles. The van der Waals surface area contributed by atoms with Gasteiger partial charge in [-0.15, -0.1) is 0 Å². The van der Waals surface area contributed by atoms with Gasteiger partial charge in [0, 0.05) is 61.7 Å². The van der Waals surface area contributed by atoms with E-state index in [0.717, 1.165) is 22.8 Å². The molecule has 9 heteroatoms. The van der Waals surface area contributed by atoms with Crippen molar-refractivity contribution in [3.63, 3.8) is 0 Å². The normalized spacial score (nSPS) is 15.5. The molecule has 170 valence electrons. The molecule has 3 aromatic rings. The lowest BCUT2D eigenvalue weighted by Gasteiger charge is -2.34. The summed E-state index contributed by atoms with van der Waals surface area (Å²) in [7, 11) is 0. The van der Waals surface area contributed by atoms with Crippen LogP contribution in [0.4, 0.5) is 0 Å². The molecule has 0 saturated carbocycles. The largest absolute Gasteiger partial charge is 0.486 e. The van der Waals surface area contributed by atoms with Crippen LogP contribution < -0.4 is 9.47 Å². The molecular formula is C24H25N5O4. The summed E-state index contributed by atoms with van der Waals surface area (Å²) >= 11 is 0. The van der Waals surface area contributed by atoms with E-state index in [2.05, 4.69) is 14.5 Å². The summed E-state index contributed by atoms with van der Waals surface area (Å²) in [5.41, 5.74) is 3.74. The molecule has 4 heterocycles. The van der Waals surface area contributed by atoms with Crippen LogP contribution in [0.2, 0.25) is 0 Å². The van der Waals surface area contributed by atoms with E-state index in [9.17, 15) is 9.59 Å². The van der Waals surface area contributed by atoms with Gasteiger partial charge in [-0.3, -0.25) is 14.6 Å². The van der Waals surface area contributed by atoms with Crippen molar-refractivity contribution in [2.75, 3.05) is 39.4 Å². The molecule has 0 spiro atoms. The summed E-state index contributed by atoms with van der Waals surface area (Å²) < 4.78 is 13.4. The second-order valence-corrected chi connectivity index (χ2v) is 8.12. The maximum absolute atomic E-state index is 13.3. The van der Waals surface area contributed by atoms with Crippen LogP contribution in [0.1, 0.15) is 32.2 Å². The van der Waals surface area contributed by atoms with Crippen molar-refractivity contribution in [1.82, 2.24) is 24.3 Å². The number of piperazine rings is 1. The number of rotatable bonds is 3. The molecular weight excluding hydrogens is 422 g/mol. The zero-order chi connectivity index (χ0) is 22.9. The average Bonchev–Trinajstić information content (AvgIpc) is 3.17. The monoisotopic (exact) mass is 447 g/mol. The van der Waals surface area contributed by atoms with Crippen molar-refractivity contribution in [2.45, 2.75) is 13.8 Å². The molecule has 0 unspecified atom stereocenters. The Morgan fingerprint density at radius 3 is 2.27 bits per heavy atom. The quantitative estimate of drug-likeness (QED) is 0.612. The van der Waals surface area contributed by atoms with Crippen LogP contribution in [0, 0.1) is 13.8 Å². The number of carbonyl (C=O) groups is 2. The van der Waals surface area contributed by atoms with E-state index in [1.807, 2.05) is 38.1 Å². The Morgan fingerprint density at radius 1 is 0.879 bits per heavy atom. The Hall–Kier alpha value is -3.88. The van der Waals surface area contributed by atoms with E-state index in [-0.39, 0.29) is 11.8 Å². The molecule has 2 aliphatic rings. The van der Waals surface area contributed by atoms with Gasteiger partial charge in [-0.25, -0.2) is 4.98 Å². The fraction of sp³-hybridized carbons (Fsp3) is 0.333. The number of carbonyl (C=O) groups excluding carboxylic acids is 2. The molecule has 33 heavy (non-hydrogen) atoms. The third kappa shape index (κ3) is 3.90. The fourth-order valence-electron chi connectivity index (χ4n) is 4.40. The van der Waals surface area contributed by atoms with Crippen molar-refractivity contribution in [2.24, 2.45) is 0 Å². The Morgan fingerprint density at radius 2 is 1.58 bits per heavy atom. The molecule has 2 aromatic heterocycles. The molecule has 9 nitrogen and oxygen atoms in total. The molecule has 1 saturated heterocycles. The standard InChI is InChI=1S/C24H25N5O4/c1-16-13-19(17(2)29(16)18-3-4-21-22(14-18)33-12-11-32-21)23(30)27-7-9-28(10-8-27)24(31)20-15-25-5-6-26-20/h3-6,13-15H,7-12H2,1-2H3. The minimum Gasteiger partial charge on any atom is -0.486 e. The van der Waals surface area contributed by atoms with Gasteiger partial charge < -0.3 is 23.8 Å². The summed E-state index contributed by atoms with van der Waals surface area (Å²) in [6, 6.07) is 7.74. The van der Waals surface area contributed by atoms with Gasteiger partial charge in [-0.05, 0) is 32.0 Å². The van der Waals surface area contributed by atoms with Gasteiger partial charge in [0.05, 0.1) is 11.8 Å². The third-order valence-corrected chi connectivity index (χ3v) is 6.08. The van der Waals surface area contributed by atoms with Crippen LogP contribution in [-0.4, -0.2) is 75.5 Å². The number of aryl methyl sites for hydroxylation is 1. The summed E-state index contributed by atoms with van der Waals surface area (Å²) in [5.74, 6) is 1.26. The fourth-order valence-corrected chi connectivity index (χ4v) is 4.40. The van der Waals surface area contributed by atoms with Crippen molar-refractivity contribution >= 4 is 11.8 Å². The minimum atomic E-state index is -0.160. The van der Waals surface area contributed by atoms with Gasteiger partial charge >= 0.3 is 0 Å². The van der Waals surface area contributed by atoms with Gasteiger partial charge in [0.1, 0.15) is 18.9 Å². The lowest BCUT2D eigenvalue weighted by Crippen LogP contribution is -2.50. The molecule has 2 aliphatic heterocycles. The van der Waals surface area contributed by atoms with Gasteiger partial charge in [0.15, 0.2) is 11.5 Å². The first-order valence-corrected chi connectivity index (χ1v) is 11.0. The molecule has 1 aromatic carbocycles. The average molecular weight is 447 g/mol. The van der Waals surface area contributed by atoms with Gasteiger partial charge in [0.2, 0.25) is 0 Å². The minimum absolute atomic E-state index is 0.0292. The van der Waals surface area contributed by atoms with Crippen LogP contribution in [0.3, 0.4) is 0 Å². The van der Waals surface area contributed by atoms with E-state index >= 15 is 0 Å². The van der Waals surface area contributed by atoms with Crippen LogP contribution in [0.25, 0.3) is 5.69 Å². The first kappa shape index (κ1) is 21.0. The number of hydrogen-bond donors (Lipinski definition) is 0. The number of aromatic nitrogens is 3. The zero-order valence-corrected chi connectivity index (χ0v) is 18.7. The number of nitrogens with zero attached hydrogens (tertiary/aromatic N) is 5. The Balaban J connectivity index is 1.32. The number of amides is 2. The van der Waals surface area contributed by atoms with E-state index in [4.69, 9.17) is 9.47 Å². The van der Waals surface area contributed by atoms with E-state index in [0.29, 0.717) is 56.4 Å². The number of ether oxygens (including phenoxy) is 2. The van der Waals surface area contributed by atoms with Crippen molar-refractivity contribution in [1.29, 1.82) is 0 Å². The predicted molar refractivity (Wildman–Crippen MR) is 120 cm³/mol. The second kappa shape index (κ2) is 8.57. The molecule has 1 fully saturated rings. The number of hydrogen-bond acceptors (Lipinski definition) is 6. The van der Waals surface area contributed by atoms with Crippen LogP contribution >= 0.6 is 0 Å². The summed E-state index contributed by atoms with van der Waals surface area (Å²) in [5, 5.41) is 0. The topological polar surface area (TPSA) is 89.8 Å². The van der Waals surface area contributed by atoms with Crippen LogP contribution in [0.15, 0.2) is 42.9 Å². The van der Waals surface area contributed by atoms with Crippen molar-refractivity contribution < 1.29 is 19.1 Å². The first-order chi connectivity index (χ1) is 16.0. The Labute approximate surface area is 191 Å². The SMILES string of the molecule is Cc1cc(C(=O)N2CCN(C(=O)c3cnccn3)CC2)c(C)n1-c1ccc2c(c1)OCCO2. The third-order valence-electron chi connectivity index (χ3n) is 6.08. The highest BCUT2D eigenvalue weighted by Gasteiger charge is 2.28. The molecule has 0 radical (unpaired) electrons. The molecule has 0 bridgehead atoms. The highest BCUT2D eigenvalue weighted by molar-refractivity contribution is 5.96. The smallest absolute Gasteiger partial charge is 0.274 e. The summed E-state index contributed by atoms with van der Waals surface area (Å²) in [4.78, 5) is 37.5. The van der Waals surface area contributed by atoms with Crippen molar-refractivity contribution in [3.8, 4) is 17.2 Å². The number of benzene rings is 1. The highest BCUT2D eigenvalue weighted by Crippen LogP contribution is 2.33. The molecule has 5 rings (SSSR count). The Bertz CT molecular complexity index is 1200. The summed E-state index contributed by atoms with van der Waals surface area (Å²) in [6.07, 6.45) is 4.51.